The molecule has 1 aromatic carbocycles. The molecule has 4 N–H and O–H groups in total. The number of hydrogen-bond donors (Lipinski definition) is 3. The van der Waals surface area contributed by atoms with E-state index in [4.69, 9.17) is 22.1 Å². The van der Waals surface area contributed by atoms with Gasteiger partial charge in [0.05, 0.1) is 33.6 Å². The summed E-state index contributed by atoms with van der Waals surface area (Å²) >= 11 is 9.57. The van der Waals surface area contributed by atoms with Crippen molar-refractivity contribution in [1.82, 2.24) is 19.5 Å². The number of nitrogens with two attached hydrogens (primary N) is 1. The monoisotopic (exact) mass is 531 g/mol. The van der Waals surface area contributed by atoms with E-state index < -0.39 is 12.2 Å². The van der Waals surface area contributed by atoms with Crippen LogP contribution < -0.4 is 5.73 Å². The highest BCUT2D eigenvalue weighted by molar-refractivity contribution is 9.10. The molecule has 172 valence electrons. The fourth-order valence-electron chi connectivity index (χ4n) is 4.85. The van der Waals surface area contributed by atoms with Crippen molar-refractivity contribution in [3.63, 3.8) is 0 Å². The third kappa shape index (κ3) is 3.98. The maximum atomic E-state index is 10.9. The molecule has 0 radical (unpaired) electrons. The predicted molar refractivity (Wildman–Crippen MR) is 130 cm³/mol. The van der Waals surface area contributed by atoms with Gasteiger partial charge in [-0.2, -0.15) is 0 Å². The van der Waals surface area contributed by atoms with Crippen LogP contribution in [0.25, 0.3) is 21.9 Å². The molecule has 1 saturated carbocycles. The molecule has 3 aromatic heterocycles. The van der Waals surface area contributed by atoms with Crippen molar-refractivity contribution in [2.75, 3.05) is 12.8 Å². The molecule has 0 bridgehead atoms. The zero-order valence-electron chi connectivity index (χ0n) is 17.8. The number of pyridine rings is 1. The molecule has 10 heteroatoms. The van der Waals surface area contributed by atoms with Crippen molar-refractivity contribution in [3.05, 3.63) is 58.0 Å². The van der Waals surface area contributed by atoms with E-state index in [1.807, 2.05) is 41.1 Å². The van der Waals surface area contributed by atoms with Gasteiger partial charge in [-0.15, -0.1) is 0 Å². The average Bonchev–Trinajstić information content (AvgIpc) is 3.35. The molecule has 5 rings (SSSR count). The van der Waals surface area contributed by atoms with Crippen molar-refractivity contribution in [2.24, 2.45) is 5.92 Å². The zero-order chi connectivity index (χ0) is 23.3. The Morgan fingerprint density at radius 2 is 2.06 bits per heavy atom. The van der Waals surface area contributed by atoms with Crippen LogP contribution in [0.15, 0.2) is 47.3 Å². The first-order valence-corrected chi connectivity index (χ1v) is 11.8. The second-order valence-electron chi connectivity index (χ2n) is 8.44. The summed E-state index contributed by atoms with van der Waals surface area (Å²) in [6, 6.07) is 9.35. The number of halogens is 2. The molecule has 4 aromatic rings. The molecule has 5 atom stereocenters. The Balaban J connectivity index is 1.40. The number of aliphatic hydroxyl groups excluding tert-OH is 2. The third-order valence-electron chi connectivity index (χ3n) is 6.59. The van der Waals surface area contributed by atoms with Crippen molar-refractivity contribution < 1.29 is 14.9 Å². The van der Waals surface area contributed by atoms with Crippen LogP contribution in [0.5, 0.6) is 0 Å². The minimum absolute atomic E-state index is 0.177. The fraction of sp³-hybridized carbons (Fsp3) is 0.348. The summed E-state index contributed by atoms with van der Waals surface area (Å²) in [6.45, 7) is 0. The van der Waals surface area contributed by atoms with Crippen LogP contribution in [0.3, 0.4) is 0 Å². The minimum atomic E-state index is -0.936. The maximum Gasteiger partial charge on any atom is 0.145 e. The van der Waals surface area contributed by atoms with Crippen LogP contribution in [-0.2, 0) is 4.74 Å². The summed E-state index contributed by atoms with van der Waals surface area (Å²) in [4.78, 5) is 12.8. The van der Waals surface area contributed by atoms with Crippen LogP contribution in [0, 0.1) is 5.92 Å². The number of ether oxygens (including phenoxy) is 1. The van der Waals surface area contributed by atoms with Crippen molar-refractivity contribution >= 4 is 55.3 Å². The van der Waals surface area contributed by atoms with Crippen LogP contribution >= 0.6 is 27.5 Å². The summed E-state index contributed by atoms with van der Waals surface area (Å²) in [5, 5.41) is 23.8. The fourth-order valence-corrected chi connectivity index (χ4v) is 5.33. The van der Waals surface area contributed by atoms with Gasteiger partial charge >= 0.3 is 0 Å². The number of aromatic nitrogens is 4. The van der Waals surface area contributed by atoms with Gasteiger partial charge in [-0.25, -0.2) is 15.0 Å². The second kappa shape index (κ2) is 8.81. The van der Waals surface area contributed by atoms with E-state index in [1.54, 1.807) is 7.11 Å². The van der Waals surface area contributed by atoms with Crippen LogP contribution in [0.2, 0.25) is 5.15 Å². The molecule has 1 aliphatic carbocycles. The van der Waals surface area contributed by atoms with E-state index in [1.165, 1.54) is 6.33 Å². The number of aliphatic hydroxyl groups is 2. The Morgan fingerprint density at radius 1 is 1.24 bits per heavy atom. The number of benzene rings is 1. The summed E-state index contributed by atoms with van der Waals surface area (Å²) in [5.41, 5.74) is 8.30. The van der Waals surface area contributed by atoms with Gasteiger partial charge in [0.15, 0.2) is 0 Å². The third-order valence-corrected chi connectivity index (χ3v) is 7.72. The van der Waals surface area contributed by atoms with Gasteiger partial charge in [0.25, 0.3) is 0 Å². The Morgan fingerprint density at radius 3 is 2.85 bits per heavy atom. The van der Waals surface area contributed by atoms with Crippen molar-refractivity contribution in [2.45, 2.75) is 37.2 Å². The van der Waals surface area contributed by atoms with Crippen molar-refractivity contribution in [1.29, 1.82) is 0 Å². The molecule has 0 spiro atoms. The van der Waals surface area contributed by atoms with Gasteiger partial charge < -0.3 is 25.3 Å². The molecule has 33 heavy (non-hydrogen) atoms. The molecule has 0 unspecified atom stereocenters. The molecule has 1 fully saturated rings. The van der Waals surface area contributed by atoms with Gasteiger partial charge in [-0.3, -0.25) is 0 Å². The predicted octanol–water partition coefficient (Wildman–Crippen LogP) is 4.04. The summed E-state index contributed by atoms with van der Waals surface area (Å²) in [6.07, 6.45) is 2.25. The normalized spacial score (nSPS) is 24.0. The van der Waals surface area contributed by atoms with E-state index in [9.17, 15) is 10.2 Å². The minimum Gasteiger partial charge on any atom is -0.390 e. The highest BCUT2D eigenvalue weighted by Gasteiger charge is 2.43. The first-order valence-electron chi connectivity index (χ1n) is 10.6. The molecule has 1 aliphatic rings. The van der Waals surface area contributed by atoms with Gasteiger partial charge in [0.1, 0.15) is 29.0 Å². The van der Waals surface area contributed by atoms with E-state index >= 15 is 0 Å². The van der Waals surface area contributed by atoms with Crippen LogP contribution in [0.1, 0.15) is 30.6 Å². The summed E-state index contributed by atoms with van der Waals surface area (Å²) < 4.78 is 8.41. The number of rotatable bonds is 5. The SMILES string of the molecule is CO[C@H](C[C@H]1C[C@@H](n2ccc3c(N)ncnc32)[C@H](O)[C@@H]1O)c1ccc2cc(Br)c(Cl)nc2c1. The highest BCUT2D eigenvalue weighted by Crippen LogP contribution is 2.42. The number of hydrogen-bond acceptors (Lipinski definition) is 7. The van der Waals surface area contributed by atoms with Gasteiger partial charge in [0, 0.05) is 18.7 Å². The Bertz CT molecular complexity index is 1330. The van der Waals surface area contributed by atoms with Crippen molar-refractivity contribution in [3.8, 4) is 0 Å². The number of anilines is 1. The molecule has 0 saturated heterocycles. The van der Waals surface area contributed by atoms with Gasteiger partial charge in [-0.1, -0.05) is 23.7 Å². The summed E-state index contributed by atoms with van der Waals surface area (Å²) in [5.74, 6) is 0.212. The van der Waals surface area contributed by atoms with E-state index in [0.29, 0.717) is 29.5 Å². The number of nitrogen functional groups attached to an aromatic ring is 1. The van der Waals surface area contributed by atoms with Crippen LogP contribution in [-0.4, -0.2) is 49.0 Å². The maximum absolute atomic E-state index is 10.9. The molecule has 3 heterocycles. The standard InChI is InChI=1S/C23H23BrClN5O3/c1-33-18(12-3-2-11-6-15(24)21(25)29-16(11)7-12)9-13-8-17(20(32)19(13)31)30-5-4-14-22(26)27-10-28-23(14)30/h2-7,10,13,17-20,31-32H,8-9H2,1H3,(H2,26,27,28)/t13-,17-,18-,19-,20+/m1/s1. The molecular weight excluding hydrogens is 510 g/mol. The van der Waals surface area contributed by atoms with E-state index in [0.717, 1.165) is 26.3 Å². The lowest BCUT2D eigenvalue weighted by atomic mass is 9.93. The van der Waals surface area contributed by atoms with E-state index in [2.05, 4.69) is 30.9 Å². The molecule has 0 amide bonds. The zero-order valence-corrected chi connectivity index (χ0v) is 20.1. The Kier molecular flexibility index (Phi) is 6.00. The van der Waals surface area contributed by atoms with Gasteiger partial charge in [0.2, 0.25) is 0 Å². The Labute approximate surface area is 203 Å². The first-order chi connectivity index (χ1) is 15.9. The van der Waals surface area contributed by atoms with Crippen LogP contribution in [0.4, 0.5) is 5.82 Å². The molecule has 0 aliphatic heterocycles. The summed E-state index contributed by atoms with van der Waals surface area (Å²) in [7, 11) is 1.64. The number of methoxy groups -OCH3 is 1. The highest BCUT2D eigenvalue weighted by atomic mass is 79.9. The lowest BCUT2D eigenvalue weighted by Gasteiger charge is -2.22. The quantitative estimate of drug-likeness (QED) is 0.332. The molecule has 8 nitrogen and oxygen atoms in total. The van der Waals surface area contributed by atoms with E-state index in [-0.39, 0.29) is 18.1 Å². The Hall–Kier alpha value is -2.30. The first kappa shape index (κ1) is 22.5. The lowest BCUT2D eigenvalue weighted by Crippen LogP contribution is -2.30. The lowest BCUT2D eigenvalue weighted by molar-refractivity contribution is -0.00852. The smallest absolute Gasteiger partial charge is 0.145 e. The average molecular weight is 533 g/mol. The number of fused-ring (bicyclic) bond motifs is 2. The van der Waals surface area contributed by atoms with Gasteiger partial charge in [-0.05, 0) is 58.5 Å². The largest absolute Gasteiger partial charge is 0.390 e. The topological polar surface area (TPSA) is 119 Å². The number of nitrogens with zero attached hydrogens (tertiary/aromatic N) is 4. The molecular formula is C23H23BrClN5O3. The second-order valence-corrected chi connectivity index (χ2v) is 9.65.